The van der Waals surface area contributed by atoms with Crippen LogP contribution >= 0.6 is 0 Å². The summed E-state index contributed by atoms with van der Waals surface area (Å²) in [7, 11) is 0. The first kappa shape index (κ1) is 14.3. The Labute approximate surface area is 136 Å². The molecule has 2 aromatic carbocycles. The van der Waals surface area contributed by atoms with Crippen molar-refractivity contribution in [1.82, 2.24) is 10.3 Å². The van der Waals surface area contributed by atoms with Crippen LogP contribution in [0.15, 0.2) is 42.5 Å². The van der Waals surface area contributed by atoms with Gasteiger partial charge in [0.1, 0.15) is 5.75 Å². The fourth-order valence-corrected chi connectivity index (χ4v) is 3.61. The van der Waals surface area contributed by atoms with Crippen LogP contribution in [-0.4, -0.2) is 24.7 Å². The number of ether oxygens (including phenoxy) is 1. The van der Waals surface area contributed by atoms with Crippen LogP contribution in [0.3, 0.4) is 0 Å². The Bertz CT molecular complexity index is 835. The van der Waals surface area contributed by atoms with Gasteiger partial charge in [-0.05, 0) is 43.1 Å². The molecule has 1 aliphatic heterocycles. The zero-order valence-electron chi connectivity index (χ0n) is 13.5. The third-order valence-electron chi connectivity index (χ3n) is 4.60. The van der Waals surface area contributed by atoms with Crippen molar-refractivity contribution in [2.24, 2.45) is 0 Å². The Morgan fingerprint density at radius 3 is 2.70 bits per heavy atom. The Kier molecular flexibility index (Phi) is 3.80. The van der Waals surface area contributed by atoms with E-state index in [1.165, 1.54) is 33.3 Å². The molecule has 0 fully saturated rings. The summed E-state index contributed by atoms with van der Waals surface area (Å²) < 4.78 is 5.86. The number of hydrogen-bond donors (Lipinski definition) is 2. The van der Waals surface area contributed by atoms with Crippen LogP contribution in [-0.2, 0) is 12.8 Å². The van der Waals surface area contributed by atoms with Gasteiger partial charge in [0.15, 0.2) is 0 Å². The van der Waals surface area contributed by atoms with Gasteiger partial charge in [-0.2, -0.15) is 0 Å². The molecule has 0 unspecified atom stereocenters. The average Bonchev–Trinajstić information content (AvgIpc) is 2.78. The standard InChI is InChI=1S/C20H22N2O/c1-2-23-19-9-4-3-6-14(19)15-7-5-8-18-20(15)16-10-12-21-13-11-17(16)22-18/h3-9,21-22H,2,10-13H2,1H3. The van der Waals surface area contributed by atoms with Gasteiger partial charge in [-0.15, -0.1) is 0 Å². The van der Waals surface area contributed by atoms with E-state index < -0.39 is 0 Å². The molecule has 1 aromatic heterocycles. The summed E-state index contributed by atoms with van der Waals surface area (Å²) >= 11 is 0. The molecule has 0 bridgehead atoms. The minimum absolute atomic E-state index is 0.683. The molecule has 4 rings (SSSR count). The molecule has 0 atom stereocenters. The van der Waals surface area contributed by atoms with Gasteiger partial charge in [-0.25, -0.2) is 0 Å². The maximum Gasteiger partial charge on any atom is 0.127 e. The molecule has 0 saturated heterocycles. The van der Waals surface area contributed by atoms with Crippen LogP contribution in [0.2, 0.25) is 0 Å². The van der Waals surface area contributed by atoms with E-state index in [9.17, 15) is 0 Å². The van der Waals surface area contributed by atoms with Crippen molar-refractivity contribution in [3.8, 4) is 16.9 Å². The molecule has 3 heteroatoms. The Morgan fingerprint density at radius 1 is 0.957 bits per heavy atom. The van der Waals surface area contributed by atoms with Crippen molar-refractivity contribution in [3.05, 3.63) is 53.7 Å². The summed E-state index contributed by atoms with van der Waals surface area (Å²) in [6, 6.07) is 14.9. The van der Waals surface area contributed by atoms with Crippen molar-refractivity contribution in [3.63, 3.8) is 0 Å². The van der Waals surface area contributed by atoms with Gasteiger partial charge in [0.25, 0.3) is 0 Å². The molecule has 23 heavy (non-hydrogen) atoms. The first-order chi connectivity index (χ1) is 11.4. The van der Waals surface area contributed by atoms with Crippen molar-refractivity contribution < 1.29 is 4.74 Å². The molecule has 1 aliphatic rings. The van der Waals surface area contributed by atoms with Crippen LogP contribution < -0.4 is 10.1 Å². The zero-order chi connectivity index (χ0) is 15.6. The predicted octanol–water partition coefficient (Wildman–Crippen LogP) is 3.92. The zero-order valence-corrected chi connectivity index (χ0v) is 13.5. The van der Waals surface area contributed by atoms with Gasteiger partial charge >= 0.3 is 0 Å². The molecule has 0 aliphatic carbocycles. The second kappa shape index (κ2) is 6.09. The van der Waals surface area contributed by atoms with Gasteiger partial charge in [0.2, 0.25) is 0 Å². The predicted molar refractivity (Wildman–Crippen MR) is 95.2 cm³/mol. The fourth-order valence-electron chi connectivity index (χ4n) is 3.61. The molecule has 0 saturated carbocycles. The molecule has 3 nitrogen and oxygen atoms in total. The quantitative estimate of drug-likeness (QED) is 0.769. The first-order valence-corrected chi connectivity index (χ1v) is 8.44. The third-order valence-corrected chi connectivity index (χ3v) is 4.60. The van der Waals surface area contributed by atoms with E-state index in [0.29, 0.717) is 6.61 Å². The summed E-state index contributed by atoms with van der Waals surface area (Å²) in [5, 5.41) is 4.85. The van der Waals surface area contributed by atoms with Crippen LogP contribution in [0.4, 0.5) is 0 Å². The summed E-state index contributed by atoms with van der Waals surface area (Å²) in [6.45, 7) is 4.81. The highest BCUT2D eigenvalue weighted by Crippen LogP contribution is 2.38. The number of para-hydroxylation sites is 1. The lowest BCUT2D eigenvalue weighted by Crippen LogP contribution is -2.16. The molecular formula is C20H22N2O. The number of nitrogens with one attached hydrogen (secondary N) is 2. The van der Waals surface area contributed by atoms with Gasteiger partial charge in [0.05, 0.1) is 6.61 Å². The number of H-pyrrole nitrogens is 1. The number of rotatable bonds is 3. The highest BCUT2D eigenvalue weighted by molar-refractivity contribution is 5.99. The topological polar surface area (TPSA) is 37.0 Å². The van der Waals surface area contributed by atoms with E-state index in [-0.39, 0.29) is 0 Å². The minimum Gasteiger partial charge on any atom is -0.493 e. The molecular weight excluding hydrogens is 284 g/mol. The molecule has 0 amide bonds. The maximum absolute atomic E-state index is 5.86. The van der Waals surface area contributed by atoms with E-state index in [0.717, 1.165) is 31.7 Å². The normalized spacial score (nSPS) is 14.5. The summed E-state index contributed by atoms with van der Waals surface area (Å²) in [5.41, 5.74) is 6.53. The van der Waals surface area contributed by atoms with Crippen molar-refractivity contribution >= 4 is 10.9 Å². The molecule has 2 heterocycles. The van der Waals surface area contributed by atoms with Gasteiger partial charge in [-0.3, -0.25) is 0 Å². The van der Waals surface area contributed by atoms with E-state index >= 15 is 0 Å². The molecule has 0 radical (unpaired) electrons. The lowest BCUT2D eigenvalue weighted by Gasteiger charge is -2.12. The van der Waals surface area contributed by atoms with E-state index in [1.54, 1.807) is 0 Å². The smallest absolute Gasteiger partial charge is 0.127 e. The highest BCUT2D eigenvalue weighted by atomic mass is 16.5. The third kappa shape index (κ3) is 2.51. The van der Waals surface area contributed by atoms with Crippen LogP contribution in [0.25, 0.3) is 22.0 Å². The Morgan fingerprint density at radius 2 is 1.78 bits per heavy atom. The number of hydrogen-bond acceptors (Lipinski definition) is 2. The molecule has 2 N–H and O–H groups in total. The lowest BCUT2D eigenvalue weighted by molar-refractivity contribution is 0.341. The van der Waals surface area contributed by atoms with E-state index in [2.05, 4.69) is 46.7 Å². The number of aromatic nitrogens is 1. The van der Waals surface area contributed by atoms with Crippen LogP contribution in [0.5, 0.6) is 5.75 Å². The second-order valence-corrected chi connectivity index (χ2v) is 5.99. The monoisotopic (exact) mass is 306 g/mol. The number of aromatic amines is 1. The summed E-state index contributed by atoms with van der Waals surface area (Å²) in [5.74, 6) is 0.962. The maximum atomic E-state index is 5.86. The van der Waals surface area contributed by atoms with Crippen molar-refractivity contribution in [2.75, 3.05) is 19.7 Å². The largest absolute Gasteiger partial charge is 0.493 e. The molecule has 3 aromatic rings. The molecule has 118 valence electrons. The summed E-state index contributed by atoms with van der Waals surface area (Å²) in [4.78, 5) is 3.64. The Balaban J connectivity index is 1.96. The van der Waals surface area contributed by atoms with Crippen molar-refractivity contribution in [2.45, 2.75) is 19.8 Å². The average molecular weight is 306 g/mol. The lowest BCUT2D eigenvalue weighted by atomic mass is 9.96. The SMILES string of the molecule is CCOc1ccccc1-c1cccc2[nH]c3c(c12)CCNCC3. The van der Waals surface area contributed by atoms with Gasteiger partial charge in [-0.1, -0.05) is 30.3 Å². The molecule has 0 spiro atoms. The van der Waals surface area contributed by atoms with Crippen molar-refractivity contribution in [1.29, 1.82) is 0 Å². The van der Waals surface area contributed by atoms with Gasteiger partial charge < -0.3 is 15.0 Å². The van der Waals surface area contributed by atoms with E-state index in [4.69, 9.17) is 4.74 Å². The van der Waals surface area contributed by atoms with Crippen LogP contribution in [0, 0.1) is 0 Å². The summed E-state index contributed by atoms with van der Waals surface area (Å²) in [6.07, 6.45) is 2.14. The Hall–Kier alpha value is -2.26. The number of benzene rings is 2. The minimum atomic E-state index is 0.683. The number of fused-ring (bicyclic) bond motifs is 3. The first-order valence-electron chi connectivity index (χ1n) is 8.44. The van der Waals surface area contributed by atoms with Gasteiger partial charge in [0, 0.05) is 35.1 Å². The van der Waals surface area contributed by atoms with E-state index in [1.807, 2.05) is 13.0 Å². The van der Waals surface area contributed by atoms with Crippen LogP contribution in [0.1, 0.15) is 18.2 Å². The highest BCUT2D eigenvalue weighted by Gasteiger charge is 2.18. The fraction of sp³-hybridized carbons (Fsp3) is 0.300. The second-order valence-electron chi connectivity index (χ2n) is 5.99.